The number of rotatable bonds is 1. The van der Waals surface area contributed by atoms with Gasteiger partial charge in [-0.1, -0.05) is 6.07 Å². The second kappa shape index (κ2) is 3.50. The van der Waals surface area contributed by atoms with Crippen LogP contribution in [0.3, 0.4) is 0 Å². The van der Waals surface area contributed by atoms with Gasteiger partial charge in [0.25, 0.3) is 0 Å². The Labute approximate surface area is 87.4 Å². The van der Waals surface area contributed by atoms with Crippen LogP contribution in [0.25, 0.3) is 10.9 Å². The number of pyridine rings is 1. The van der Waals surface area contributed by atoms with Gasteiger partial charge < -0.3 is 5.11 Å². The molecule has 1 aromatic heterocycles. The van der Waals surface area contributed by atoms with Gasteiger partial charge in [-0.15, -0.1) is 0 Å². The Morgan fingerprint density at radius 3 is 2.73 bits per heavy atom. The molecular weight excluding hydrogens is 193 g/mol. The number of phenolic OH excluding ortho intramolecular Hbond substituents is 1. The topological polar surface area (TPSA) is 33.1 Å². The molecule has 1 unspecified atom stereocenters. The van der Waals surface area contributed by atoms with Crippen LogP contribution >= 0.6 is 0 Å². The average Bonchev–Trinajstić information content (AvgIpc) is 2.18. The van der Waals surface area contributed by atoms with Crippen LogP contribution in [0.5, 0.6) is 5.75 Å². The molecule has 1 heterocycles. The van der Waals surface area contributed by atoms with Crippen molar-refractivity contribution in [2.75, 3.05) is 0 Å². The molecule has 0 amide bonds. The first-order valence-electron chi connectivity index (χ1n) is 4.82. The van der Waals surface area contributed by atoms with Crippen LogP contribution in [-0.4, -0.2) is 10.1 Å². The Balaban J connectivity index is 2.73. The number of aromatic hydroxyl groups is 1. The van der Waals surface area contributed by atoms with E-state index in [-0.39, 0.29) is 5.75 Å². The summed E-state index contributed by atoms with van der Waals surface area (Å²) in [4.78, 5) is 4.20. The zero-order chi connectivity index (χ0) is 11.0. The van der Waals surface area contributed by atoms with Crippen molar-refractivity contribution < 1.29 is 9.50 Å². The third-order valence-corrected chi connectivity index (χ3v) is 2.39. The van der Waals surface area contributed by atoms with E-state index in [0.717, 1.165) is 11.1 Å². The second-order valence-electron chi connectivity index (χ2n) is 3.68. The van der Waals surface area contributed by atoms with Crippen molar-refractivity contribution in [2.45, 2.75) is 20.0 Å². The highest BCUT2D eigenvalue weighted by atomic mass is 19.1. The Morgan fingerprint density at radius 2 is 2.07 bits per heavy atom. The molecule has 15 heavy (non-hydrogen) atoms. The Morgan fingerprint density at radius 1 is 1.33 bits per heavy atom. The fraction of sp³-hybridized carbons (Fsp3) is 0.250. The molecule has 0 saturated carbocycles. The zero-order valence-corrected chi connectivity index (χ0v) is 8.66. The molecule has 78 valence electrons. The molecule has 1 aromatic carbocycles. The molecular formula is C12H12FNO. The largest absolute Gasteiger partial charge is 0.506 e. The molecule has 3 heteroatoms. The molecule has 1 atom stereocenters. The molecule has 0 aliphatic heterocycles. The SMILES string of the molecule is Cc1ccc2cc(C(C)F)cc(O)c2n1. The maximum absolute atomic E-state index is 13.1. The third-order valence-electron chi connectivity index (χ3n) is 2.39. The molecule has 1 N–H and O–H groups in total. The van der Waals surface area contributed by atoms with Crippen LogP contribution in [0, 0.1) is 6.92 Å². The van der Waals surface area contributed by atoms with E-state index in [1.54, 1.807) is 6.07 Å². The minimum Gasteiger partial charge on any atom is -0.506 e. The fourth-order valence-corrected chi connectivity index (χ4v) is 1.57. The number of phenols is 1. The normalized spacial score (nSPS) is 13.0. The average molecular weight is 205 g/mol. The van der Waals surface area contributed by atoms with E-state index in [1.807, 2.05) is 19.1 Å². The van der Waals surface area contributed by atoms with E-state index in [9.17, 15) is 9.50 Å². The zero-order valence-electron chi connectivity index (χ0n) is 8.66. The Kier molecular flexibility index (Phi) is 2.31. The predicted molar refractivity (Wildman–Crippen MR) is 57.7 cm³/mol. The van der Waals surface area contributed by atoms with Crippen LogP contribution in [0.1, 0.15) is 24.4 Å². The monoisotopic (exact) mass is 205 g/mol. The molecule has 0 radical (unpaired) electrons. The number of aromatic nitrogens is 1. The molecule has 0 bridgehead atoms. The molecule has 2 nitrogen and oxygen atoms in total. The number of hydrogen-bond acceptors (Lipinski definition) is 2. The van der Waals surface area contributed by atoms with Crippen LogP contribution in [-0.2, 0) is 0 Å². The fourth-order valence-electron chi connectivity index (χ4n) is 1.57. The van der Waals surface area contributed by atoms with E-state index >= 15 is 0 Å². The number of hydrogen-bond donors (Lipinski definition) is 1. The number of alkyl halides is 1. The van der Waals surface area contributed by atoms with E-state index in [1.165, 1.54) is 13.0 Å². The van der Waals surface area contributed by atoms with Crippen molar-refractivity contribution in [3.8, 4) is 5.75 Å². The maximum atomic E-state index is 13.1. The van der Waals surface area contributed by atoms with Crippen LogP contribution in [0.2, 0.25) is 0 Å². The minimum absolute atomic E-state index is 0.0377. The lowest BCUT2D eigenvalue weighted by Crippen LogP contribution is -1.89. The second-order valence-corrected chi connectivity index (χ2v) is 3.68. The molecule has 0 aliphatic carbocycles. The summed E-state index contributed by atoms with van der Waals surface area (Å²) in [7, 11) is 0. The summed E-state index contributed by atoms with van der Waals surface area (Å²) in [6, 6.07) is 6.82. The van der Waals surface area contributed by atoms with Crippen molar-refractivity contribution in [1.82, 2.24) is 4.98 Å². The van der Waals surface area contributed by atoms with Gasteiger partial charge in [0.2, 0.25) is 0 Å². The summed E-state index contributed by atoms with van der Waals surface area (Å²) in [5, 5.41) is 10.5. The first kappa shape index (κ1) is 9.90. The van der Waals surface area contributed by atoms with Gasteiger partial charge in [-0.05, 0) is 37.6 Å². The standard InChI is InChI=1S/C12H12FNO/c1-7-3-4-9-5-10(8(2)13)6-11(15)12(9)14-7/h3-6,8,15H,1-2H3. The number of halogens is 1. The lowest BCUT2D eigenvalue weighted by Gasteiger charge is -2.06. The maximum Gasteiger partial charge on any atom is 0.142 e. The van der Waals surface area contributed by atoms with Gasteiger partial charge in [-0.25, -0.2) is 9.37 Å². The molecule has 2 rings (SSSR count). The lowest BCUT2D eigenvalue weighted by molar-refractivity contribution is 0.372. The molecule has 2 aromatic rings. The summed E-state index contributed by atoms with van der Waals surface area (Å²) in [6.45, 7) is 3.30. The van der Waals surface area contributed by atoms with Gasteiger partial charge in [0.1, 0.15) is 17.4 Å². The van der Waals surface area contributed by atoms with Gasteiger partial charge in [0.05, 0.1) is 0 Å². The van der Waals surface area contributed by atoms with Crippen molar-refractivity contribution in [3.63, 3.8) is 0 Å². The highest BCUT2D eigenvalue weighted by molar-refractivity contribution is 5.85. The van der Waals surface area contributed by atoms with Crippen LogP contribution < -0.4 is 0 Å². The van der Waals surface area contributed by atoms with Crippen molar-refractivity contribution >= 4 is 10.9 Å². The van der Waals surface area contributed by atoms with Gasteiger partial charge in [0.15, 0.2) is 0 Å². The summed E-state index contributed by atoms with van der Waals surface area (Å²) < 4.78 is 13.1. The van der Waals surface area contributed by atoms with E-state index < -0.39 is 6.17 Å². The molecule has 0 spiro atoms. The lowest BCUT2D eigenvalue weighted by atomic mass is 10.1. The Bertz CT molecular complexity index is 508. The van der Waals surface area contributed by atoms with E-state index in [2.05, 4.69) is 4.98 Å². The molecule has 0 fully saturated rings. The summed E-state index contributed by atoms with van der Waals surface area (Å²) in [5.74, 6) is 0.0377. The first-order valence-corrected chi connectivity index (χ1v) is 4.82. The van der Waals surface area contributed by atoms with Crippen LogP contribution in [0.4, 0.5) is 4.39 Å². The highest BCUT2D eigenvalue weighted by Gasteiger charge is 2.08. The number of nitrogens with zero attached hydrogens (tertiary/aromatic N) is 1. The smallest absolute Gasteiger partial charge is 0.142 e. The molecule has 0 aliphatic rings. The number of benzene rings is 1. The van der Waals surface area contributed by atoms with E-state index in [4.69, 9.17) is 0 Å². The number of fused-ring (bicyclic) bond motifs is 1. The van der Waals surface area contributed by atoms with Gasteiger partial charge >= 0.3 is 0 Å². The highest BCUT2D eigenvalue weighted by Crippen LogP contribution is 2.29. The minimum atomic E-state index is -1.08. The number of aryl methyl sites for hydroxylation is 1. The quantitative estimate of drug-likeness (QED) is 0.775. The third kappa shape index (κ3) is 1.77. The van der Waals surface area contributed by atoms with Gasteiger partial charge in [-0.2, -0.15) is 0 Å². The predicted octanol–water partition coefficient (Wildman–Crippen LogP) is 3.28. The Hall–Kier alpha value is -1.64. The summed E-state index contributed by atoms with van der Waals surface area (Å²) >= 11 is 0. The van der Waals surface area contributed by atoms with Gasteiger partial charge in [-0.3, -0.25) is 0 Å². The summed E-state index contributed by atoms with van der Waals surface area (Å²) in [6.07, 6.45) is -1.08. The van der Waals surface area contributed by atoms with E-state index in [0.29, 0.717) is 11.1 Å². The van der Waals surface area contributed by atoms with Crippen molar-refractivity contribution in [3.05, 3.63) is 35.5 Å². The van der Waals surface area contributed by atoms with Crippen LogP contribution in [0.15, 0.2) is 24.3 Å². The first-order chi connectivity index (χ1) is 7.08. The summed E-state index contributed by atoms with van der Waals surface area (Å²) in [5.41, 5.74) is 1.84. The van der Waals surface area contributed by atoms with Crippen molar-refractivity contribution in [1.29, 1.82) is 0 Å². The molecule has 0 saturated heterocycles. The van der Waals surface area contributed by atoms with Gasteiger partial charge in [0, 0.05) is 11.1 Å². The van der Waals surface area contributed by atoms with Crippen molar-refractivity contribution in [2.24, 2.45) is 0 Å².